The van der Waals surface area contributed by atoms with Crippen molar-refractivity contribution in [2.45, 2.75) is 6.92 Å². The summed E-state index contributed by atoms with van der Waals surface area (Å²) in [5, 5.41) is 9.89. The van der Waals surface area contributed by atoms with Gasteiger partial charge in [-0.1, -0.05) is 127 Å². The third-order valence-electron chi connectivity index (χ3n) is 9.92. The van der Waals surface area contributed by atoms with Crippen LogP contribution >= 0.6 is 0 Å². The van der Waals surface area contributed by atoms with Crippen LogP contribution in [0.5, 0.6) is 5.75 Å². The summed E-state index contributed by atoms with van der Waals surface area (Å²) in [5.41, 5.74) is 9.36. The average Bonchev–Trinajstić information content (AvgIpc) is 3.17. The molecule has 0 unspecified atom stereocenters. The molecule has 2 heteroatoms. The molecule has 238 valence electrons. The smallest absolute Gasteiger partial charge is 0.120 e. The lowest BCUT2D eigenvalue weighted by atomic mass is 9.84. The second-order valence-electron chi connectivity index (χ2n) is 13.0. The average molecular weight is 642 g/mol. The Kier molecular flexibility index (Phi) is 7.29. The molecule has 0 bridgehead atoms. The van der Waals surface area contributed by atoms with E-state index in [2.05, 4.69) is 182 Å². The summed E-state index contributed by atoms with van der Waals surface area (Å²) in [5.74, 6) is 0.820. The van der Waals surface area contributed by atoms with Crippen LogP contribution in [0.2, 0.25) is 0 Å². The van der Waals surface area contributed by atoms with Crippen LogP contribution < -0.4 is 9.64 Å². The van der Waals surface area contributed by atoms with Gasteiger partial charge in [-0.2, -0.15) is 0 Å². The lowest BCUT2D eigenvalue weighted by Crippen LogP contribution is -2.10. The van der Waals surface area contributed by atoms with Crippen LogP contribution in [0.1, 0.15) is 5.56 Å². The number of anilines is 3. The molecule has 50 heavy (non-hydrogen) atoms. The van der Waals surface area contributed by atoms with Gasteiger partial charge in [0.2, 0.25) is 0 Å². The van der Waals surface area contributed by atoms with E-state index >= 15 is 0 Å². The number of benzene rings is 9. The van der Waals surface area contributed by atoms with Crippen molar-refractivity contribution >= 4 is 60.2 Å². The van der Waals surface area contributed by atoms with E-state index in [1.54, 1.807) is 7.11 Å². The molecule has 0 fully saturated rings. The van der Waals surface area contributed by atoms with Gasteiger partial charge in [-0.25, -0.2) is 0 Å². The molecular formula is C48H35NO. The Morgan fingerprint density at radius 2 is 0.920 bits per heavy atom. The summed E-state index contributed by atoms with van der Waals surface area (Å²) < 4.78 is 5.69. The second-order valence-corrected chi connectivity index (χ2v) is 13.0. The zero-order valence-electron chi connectivity index (χ0n) is 28.1. The third kappa shape index (κ3) is 5.14. The van der Waals surface area contributed by atoms with Gasteiger partial charge in [0, 0.05) is 23.1 Å². The molecule has 0 saturated heterocycles. The summed E-state index contributed by atoms with van der Waals surface area (Å²) in [6.07, 6.45) is 0. The topological polar surface area (TPSA) is 12.5 Å². The highest BCUT2D eigenvalue weighted by Gasteiger charge is 2.21. The van der Waals surface area contributed by atoms with Crippen molar-refractivity contribution in [3.63, 3.8) is 0 Å². The maximum absolute atomic E-state index is 5.69. The normalized spacial score (nSPS) is 11.4. The Labute approximate surface area is 292 Å². The van der Waals surface area contributed by atoms with E-state index in [9.17, 15) is 0 Å². The van der Waals surface area contributed by atoms with Gasteiger partial charge in [-0.15, -0.1) is 0 Å². The molecule has 0 aliphatic heterocycles. The molecule has 9 aromatic rings. The fraction of sp³-hybridized carbons (Fsp3) is 0.0417. The molecule has 0 radical (unpaired) electrons. The van der Waals surface area contributed by atoms with Gasteiger partial charge in [0.25, 0.3) is 0 Å². The van der Waals surface area contributed by atoms with E-state index < -0.39 is 0 Å². The number of hydrogen-bond acceptors (Lipinski definition) is 2. The molecule has 0 aliphatic carbocycles. The summed E-state index contributed by atoms with van der Waals surface area (Å²) in [6.45, 7) is 2.19. The first-order chi connectivity index (χ1) is 24.6. The van der Waals surface area contributed by atoms with Crippen LogP contribution in [-0.4, -0.2) is 7.11 Å². The molecule has 0 amide bonds. The van der Waals surface area contributed by atoms with Gasteiger partial charge in [-0.05, 0) is 121 Å². The maximum atomic E-state index is 5.69. The van der Waals surface area contributed by atoms with Crippen molar-refractivity contribution in [1.82, 2.24) is 0 Å². The van der Waals surface area contributed by atoms with Crippen molar-refractivity contribution < 1.29 is 4.74 Å². The Morgan fingerprint density at radius 3 is 1.56 bits per heavy atom. The van der Waals surface area contributed by atoms with E-state index in [1.807, 2.05) is 6.07 Å². The minimum absolute atomic E-state index is 0.820. The molecular weight excluding hydrogens is 607 g/mol. The number of para-hydroxylation sites is 1. The van der Waals surface area contributed by atoms with Crippen molar-refractivity contribution in [1.29, 1.82) is 0 Å². The Balaban J connectivity index is 1.40. The Hall–Kier alpha value is -6.38. The molecule has 0 aromatic heterocycles. The summed E-state index contributed by atoms with van der Waals surface area (Å²) >= 11 is 0. The van der Waals surface area contributed by atoms with E-state index in [1.165, 1.54) is 70.9 Å². The first kappa shape index (κ1) is 29.7. The number of hydrogen-bond donors (Lipinski definition) is 0. The van der Waals surface area contributed by atoms with E-state index in [0.717, 1.165) is 22.8 Å². The van der Waals surface area contributed by atoms with E-state index in [0.29, 0.717) is 0 Å². The molecule has 2 nitrogen and oxygen atoms in total. The highest BCUT2D eigenvalue weighted by atomic mass is 16.5. The molecule has 0 spiro atoms. The minimum atomic E-state index is 0.820. The molecule has 0 N–H and O–H groups in total. The zero-order chi connectivity index (χ0) is 33.6. The summed E-state index contributed by atoms with van der Waals surface area (Å²) in [6, 6.07) is 63.8. The maximum Gasteiger partial charge on any atom is 0.120 e. The predicted octanol–water partition coefficient (Wildman–Crippen LogP) is 13.4. The highest BCUT2D eigenvalue weighted by Crippen LogP contribution is 2.47. The number of methoxy groups -OCH3 is 1. The lowest BCUT2D eigenvalue weighted by Gasteiger charge is -2.27. The van der Waals surface area contributed by atoms with Crippen molar-refractivity contribution in [3.8, 4) is 28.0 Å². The van der Waals surface area contributed by atoms with Gasteiger partial charge in [0.15, 0.2) is 0 Å². The highest BCUT2D eigenvalue weighted by molar-refractivity contribution is 6.22. The number of nitrogens with zero attached hydrogens (tertiary/aromatic N) is 1. The zero-order valence-corrected chi connectivity index (χ0v) is 28.1. The van der Waals surface area contributed by atoms with Gasteiger partial charge in [-0.3, -0.25) is 0 Å². The molecule has 0 saturated carbocycles. The number of fused-ring (bicyclic) bond motifs is 4. The number of rotatable bonds is 6. The lowest BCUT2D eigenvalue weighted by molar-refractivity contribution is 0.415. The molecule has 9 aromatic carbocycles. The van der Waals surface area contributed by atoms with E-state index in [-0.39, 0.29) is 0 Å². The summed E-state index contributed by atoms with van der Waals surface area (Å²) in [4.78, 5) is 2.32. The van der Waals surface area contributed by atoms with Crippen LogP contribution in [0.25, 0.3) is 65.3 Å². The number of aryl methyl sites for hydroxylation is 1. The first-order valence-corrected chi connectivity index (χ1v) is 17.1. The van der Waals surface area contributed by atoms with Crippen LogP contribution in [0.4, 0.5) is 17.1 Å². The van der Waals surface area contributed by atoms with Gasteiger partial charge >= 0.3 is 0 Å². The van der Waals surface area contributed by atoms with Crippen LogP contribution in [0.15, 0.2) is 176 Å². The second kappa shape index (κ2) is 12.3. The summed E-state index contributed by atoms with van der Waals surface area (Å²) in [7, 11) is 1.72. The van der Waals surface area contributed by atoms with Gasteiger partial charge in [0.05, 0.1) is 7.11 Å². The van der Waals surface area contributed by atoms with Crippen LogP contribution in [-0.2, 0) is 0 Å². The van der Waals surface area contributed by atoms with E-state index in [4.69, 9.17) is 4.74 Å². The quantitative estimate of drug-likeness (QED) is 0.168. The molecule has 9 rings (SSSR count). The fourth-order valence-corrected chi connectivity index (χ4v) is 7.55. The van der Waals surface area contributed by atoms with Crippen LogP contribution in [0.3, 0.4) is 0 Å². The van der Waals surface area contributed by atoms with Crippen molar-refractivity contribution in [2.75, 3.05) is 12.0 Å². The monoisotopic (exact) mass is 641 g/mol. The van der Waals surface area contributed by atoms with Crippen LogP contribution in [0, 0.1) is 6.92 Å². The third-order valence-corrected chi connectivity index (χ3v) is 9.92. The molecule has 0 aliphatic rings. The SMILES string of the molecule is COc1cccc(N(c2ccccc2)c2ccc3c(-c4ccc5ccccc5c4)c4cc(C)ccc4c(-c4ccc5ccccc5c4)c3c2)c1. The first-order valence-electron chi connectivity index (χ1n) is 17.1. The Bertz CT molecular complexity index is 2710. The Morgan fingerprint density at radius 1 is 0.380 bits per heavy atom. The minimum Gasteiger partial charge on any atom is -0.497 e. The molecule has 0 heterocycles. The van der Waals surface area contributed by atoms with Crippen molar-refractivity contribution in [2.24, 2.45) is 0 Å². The van der Waals surface area contributed by atoms with Gasteiger partial charge < -0.3 is 9.64 Å². The molecule has 0 atom stereocenters. The largest absolute Gasteiger partial charge is 0.497 e. The van der Waals surface area contributed by atoms with Crippen molar-refractivity contribution in [3.05, 3.63) is 181 Å². The predicted molar refractivity (Wildman–Crippen MR) is 213 cm³/mol. The number of ether oxygens (including phenoxy) is 1. The van der Waals surface area contributed by atoms with Gasteiger partial charge in [0.1, 0.15) is 5.75 Å². The fourth-order valence-electron chi connectivity index (χ4n) is 7.55. The standard InChI is InChI=1S/C48H35NO/c1-32-19-25-43-45(27-32)47(37-22-20-33-11-6-8-13-35(33)28-37)44-26-24-41(31-46(44)48(43)38-23-21-34-12-7-9-14-36(34)29-38)49(39-15-4-3-5-16-39)40-17-10-18-42(30-40)50-2/h3-31H,1-2H3.